The summed E-state index contributed by atoms with van der Waals surface area (Å²) in [6, 6.07) is 11.4. The summed E-state index contributed by atoms with van der Waals surface area (Å²) in [5.74, 6) is 0.840. The number of ether oxygens (including phenoxy) is 2. The molecule has 0 aliphatic carbocycles. The SMILES string of the molecule is COc1ccc(C(=O)NN=C(C)c2ccc(O)cc2)cc1OC. The van der Waals surface area contributed by atoms with E-state index in [1.165, 1.54) is 14.2 Å². The van der Waals surface area contributed by atoms with Gasteiger partial charge in [-0.15, -0.1) is 0 Å². The molecule has 2 N–H and O–H groups in total. The van der Waals surface area contributed by atoms with Gasteiger partial charge in [0.25, 0.3) is 5.91 Å². The minimum absolute atomic E-state index is 0.177. The lowest BCUT2D eigenvalue weighted by molar-refractivity contribution is 0.0954. The first-order valence-corrected chi connectivity index (χ1v) is 6.91. The molecular formula is C17H18N2O4. The van der Waals surface area contributed by atoms with E-state index in [2.05, 4.69) is 10.5 Å². The first kappa shape index (κ1) is 16.4. The number of hydrogen-bond acceptors (Lipinski definition) is 5. The van der Waals surface area contributed by atoms with E-state index in [0.29, 0.717) is 22.8 Å². The monoisotopic (exact) mass is 314 g/mol. The lowest BCUT2D eigenvalue weighted by atomic mass is 10.1. The van der Waals surface area contributed by atoms with E-state index in [-0.39, 0.29) is 11.7 Å². The zero-order valence-corrected chi connectivity index (χ0v) is 13.2. The van der Waals surface area contributed by atoms with Gasteiger partial charge >= 0.3 is 0 Å². The van der Waals surface area contributed by atoms with Crippen LogP contribution >= 0.6 is 0 Å². The average molecular weight is 314 g/mol. The molecule has 0 saturated carbocycles. The molecule has 0 aromatic heterocycles. The van der Waals surface area contributed by atoms with Crippen molar-refractivity contribution in [1.82, 2.24) is 5.43 Å². The summed E-state index contributed by atoms with van der Waals surface area (Å²) in [6.45, 7) is 1.77. The summed E-state index contributed by atoms with van der Waals surface area (Å²) in [5, 5.41) is 13.3. The van der Waals surface area contributed by atoms with Crippen molar-refractivity contribution in [3.8, 4) is 17.2 Å². The molecule has 0 aliphatic heterocycles. The highest BCUT2D eigenvalue weighted by molar-refractivity contribution is 6.01. The fraction of sp³-hybridized carbons (Fsp3) is 0.176. The van der Waals surface area contributed by atoms with Gasteiger partial charge in [0.05, 0.1) is 19.9 Å². The lowest BCUT2D eigenvalue weighted by Gasteiger charge is -2.09. The van der Waals surface area contributed by atoms with Gasteiger partial charge in [0, 0.05) is 5.56 Å². The van der Waals surface area contributed by atoms with Crippen LogP contribution in [0.1, 0.15) is 22.8 Å². The van der Waals surface area contributed by atoms with E-state index in [9.17, 15) is 9.90 Å². The van der Waals surface area contributed by atoms with Crippen LogP contribution in [-0.4, -0.2) is 30.9 Å². The minimum atomic E-state index is -0.357. The Labute approximate surface area is 134 Å². The summed E-state index contributed by atoms with van der Waals surface area (Å²) in [4.78, 5) is 12.1. The van der Waals surface area contributed by atoms with Crippen molar-refractivity contribution in [2.24, 2.45) is 5.10 Å². The van der Waals surface area contributed by atoms with Crippen molar-refractivity contribution in [1.29, 1.82) is 0 Å². The second kappa shape index (κ2) is 7.31. The smallest absolute Gasteiger partial charge is 0.271 e. The topological polar surface area (TPSA) is 80.2 Å². The third kappa shape index (κ3) is 4.00. The molecule has 0 radical (unpaired) electrons. The van der Waals surface area contributed by atoms with Crippen LogP contribution in [-0.2, 0) is 0 Å². The standard InChI is InChI=1S/C17H18N2O4/c1-11(12-4-7-14(20)8-5-12)18-19-17(21)13-6-9-15(22-2)16(10-13)23-3/h4-10,20H,1-3H3,(H,19,21). The van der Waals surface area contributed by atoms with Gasteiger partial charge in [-0.25, -0.2) is 5.43 Å². The molecule has 0 aliphatic rings. The number of nitrogens with zero attached hydrogens (tertiary/aromatic N) is 1. The zero-order valence-electron chi connectivity index (χ0n) is 13.2. The maximum Gasteiger partial charge on any atom is 0.271 e. The van der Waals surface area contributed by atoms with Gasteiger partial charge in [0.1, 0.15) is 5.75 Å². The Bertz CT molecular complexity index is 724. The summed E-state index contributed by atoms with van der Waals surface area (Å²) >= 11 is 0. The van der Waals surface area contributed by atoms with Crippen molar-refractivity contribution in [3.05, 3.63) is 53.6 Å². The molecule has 0 spiro atoms. The molecule has 6 heteroatoms. The van der Waals surface area contributed by atoms with E-state index in [0.717, 1.165) is 5.56 Å². The lowest BCUT2D eigenvalue weighted by Crippen LogP contribution is -2.19. The molecule has 1 amide bonds. The Morgan fingerprint density at radius 2 is 1.61 bits per heavy atom. The Morgan fingerprint density at radius 3 is 2.22 bits per heavy atom. The number of phenols is 1. The van der Waals surface area contributed by atoms with Crippen molar-refractivity contribution in [2.75, 3.05) is 14.2 Å². The van der Waals surface area contributed by atoms with Crippen molar-refractivity contribution in [3.63, 3.8) is 0 Å². The maximum atomic E-state index is 12.1. The van der Waals surface area contributed by atoms with E-state index in [1.54, 1.807) is 49.4 Å². The third-order valence-corrected chi connectivity index (χ3v) is 3.26. The van der Waals surface area contributed by atoms with Gasteiger partial charge in [-0.05, 0) is 55.0 Å². The third-order valence-electron chi connectivity index (χ3n) is 3.26. The normalized spacial score (nSPS) is 11.0. The molecule has 23 heavy (non-hydrogen) atoms. The molecule has 2 aromatic rings. The summed E-state index contributed by atoms with van der Waals surface area (Å²) < 4.78 is 10.3. The quantitative estimate of drug-likeness (QED) is 0.656. The van der Waals surface area contributed by atoms with Crippen LogP contribution < -0.4 is 14.9 Å². The fourth-order valence-electron chi connectivity index (χ4n) is 1.94. The zero-order chi connectivity index (χ0) is 16.8. The molecule has 120 valence electrons. The summed E-state index contributed by atoms with van der Waals surface area (Å²) in [7, 11) is 3.04. The predicted molar refractivity (Wildman–Crippen MR) is 87.3 cm³/mol. The van der Waals surface area contributed by atoms with Crippen LogP contribution in [0.15, 0.2) is 47.6 Å². The number of amides is 1. The fourth-order valence-corrected chi connectivity index (χ4v) is 1.94. The van der Waals surface area contributed by atoms with E-state index < -0.39 is 0 Å². The van der Waals surface area contributed by atoms with Crippen LogP contribution in [0.4, 0.5) is 0 Å². The van der Waals surface area contributed by atoms with E-state index in [4.69, 9.17) is 9.47 Å². The molecule has 0 bridgehead atoms. The van der Waals surface area contributed by atoms with Gasteiger partial charge < -0.3 is 14.6 Å². The second-order valence-electron chi connectivity index (χ2n) is 4.75. The number of hydrogen-bond donors (Lipinski definition) is 2. The molecule has 0 heterocycles. The number of phenolic OH excluding ortho intramolecular Hbond substituents is 1. The molecule has 2 aromatic carbocycles. The van der Waals surface area contributed by atoms with Crippen LogP contribution in [0.25, 0.3) is 0 Å². The highest BCUT2D eigenvalue weighted by Crippen LogP contribution is 2.27. The van der Waals surface area contributed by atoms with E-state index in [1.807, 2.05) is 0 Å². The van der Waals surface area contributed by atoms with Gasteiger partial charge in [0.2, 0.25) is 0 Å². The average Bonchev–Trinajstić information content (AvgIpc) is 2.59. The van der Waals surface area contributed by atoms with Gasteiger partial charge in [-0.3, -0.25) is 4.79 Å². The first-order chi connectivity index (χ1) is 11.0. The first-order valence-electron chi connectivity index (χ1n) is 6.91. The summed E-state index contributed by atoms with van der Waals surface area (Å²) in [5.41, 5.74) is 4.32. The van der Waals surface area contributed by atoms with Gasteiger partial charge in [-0.1, -0.05) is 0 Å². The summed E-state index contributed by atoms with van der Waals surface area (Å²) in [6.07, 6.45) is 0. The number of carbonyl (C=O) groups is 1. The Kier molecular flexibility index (Phi) is 5.19. The Hall–Kier alpha value is -3.02. The highest BCUT2D eigenvalue weighted by atomic mass is 16.5. The van der Waals surface area contributed by atoms with Crippen LogP contribution in [0.3, 0.4) is 0 Å². The molecule has 6 nitrogen and oxygen atoms in total. The van der Waals surface area contributed by atoms with E-state index >= 15 is 0 Å². The maximum absolute atomic E-state index is 12.1. The number of methoxy groups -OCH3 is 2. The van der Waals surface area contributed by atoms with Crippen LogP contribution in [0.5, 0.6) is 17.2 Å². The Balaban J connectivity index is 2.12. The number of aromatic hydroxyl groups is 1. The second-order valence-corrected chi connectivity index (χ2v) is 4.75. The highest BCUT2D eigenvalue weighted by Gasteiger charge is 2.10. The molecule has 0 atom stereocenters. The number of nitrogens with one attached hydrogen (secondary N) is 1. The van der Waals surface area contributed by atoms with Crippen molar-refractivity contribution < 1.29 is 19.4 Å². The number of benzene rings is 2. The van der Waals surface area contributed by atoms with Crippen LogP contribution in [0, 0.1) is 0 Å². The number of hydrazone groups is 1. The largest absolute Gasteiger partial charge is 0.508 e. The predicted octanol–water partition coefficient (Wildman–Crippen LogP) is 2.56. The van der Waals surface area contributed by atoms with Crippen LogP contribution in [0.2, 0.25) is 0 Å². The van der Waals surface area contributed by atoms with Gasteiger partial charge in [-0.2, -0.15) is 5.10 Å². The minimum Gasteiger partial charge on any atom is -0.508 e. The molecule has 0 unspecified atom stereocenters. The number of carbonyl (C=O) groups excluding carboxylic acids is 1. The molecule has 0 saturated heterocycles. The van der Waals surface area contributed by atoms with Crippen molar-refractivity contribution in [2.45, 2.75) is 6.92 Å². The van der Waals surface area contributed by atoms with Gasteiger partial charge in [0.15, 0.2) is 11.5 Å². The molecule has 2 rings (SSSR count). The van der Waals surface area contributed by atoms with Crippen molar-refractivity contribution >= 4 is 11.6 Å². The number of rotatable bonds is 5. The Morgan fingerprint density at radius 1 is 1.00 bits per heavy atom. The molecule has 0 fully saturated rings. The molecular weight excluding hydrogens is 296 g/mol.